The van der Waals surface area contributed by atoms with Crippen molar-refractivity contribution in [2.75, 3.05) is 4.90 Å². The number of rotatable bonds is 6. The third kappa shape index (κ3) is 5.06. The maximum Gasteiger partial charge on any atom is 0.234 e. The zero-order chi connectivity index (χ0) is 33.7. The third-order valence-corrected chi connectivity index (χ3v) is 10.9. The fraction of sp³-hybridized carbons (Fsp3) is 0. The van der Waals surface area contributed by atoms with E-state index in [4.69, 9.17) is 9.97 Å². The molecule has 0 radical (unpaired) electrons. The average Bonchev–Trinajstić information content (AvgIpc) is 3.74. The monoisotopic (exact) mass is 670 g/mol. The van der Waals surface area contributed by atoms with Crippen molar-refractivity contribution in [1.82, 2.24) is 14.5 Å². The van der Waals surface area contributed by atoms with Crippen LogP contribution in [0.4, 0.5) is 17.3 Å². The van der Waals surface area contributed by atoms with E-state index in [2.05, 4.69) is 155 Å². The Morgan fingerprint density at radius 3 is 1.76 bits per heavy atom. The minimum atomic E-state index is 0.611. The number of fused-ring (bicyclic) bond motifs is 6. The lowest BCUT2D eigenvalue weighted by Crippen LogP contribution is -2.13. The Labute approximate surface area is 299 Å². The summed E-state index contributed by atoms with van der Waals surface area (Å²) in [5, 5.41) is 4.96. The molecule has 3 heterocycles. The molecule has 0 saturated heterocycles. The second-order valence-electron chi connectivity index (χ2n) is 12.7. The van der Waals surface area contributed by atoms with Crippen LogP contribution in [0.1, 0.15) is 0 Å². The van der Waals surface area contributed by atoms with Crippen molar-refractivity contribution in [3.8, 4) is 27.9 Å². The molecule has 0 bridgehead atoms. The molecule has 10 aromatic rings. The molecular weight excluding hydrogens is 641 g/mol. The van der Waals surface area contributed by atoms with Gasteiger partial charge in [-0.3, -0.25) is 4.90 Å². The number of hydrogen-bond donors (Lipinski definition) is 0. The van der Waals surface area contributed by atoms with Crippen molar-refractivity contribution in [3.05, 3.63) is 182 Å². The quantitative estimate of drug-likeness (QED) is 0.177. The van der Waals surface area contributed by atoms with Crippen molar-refractivity contribution in [3.63, 3.8) is 0 Å². The molecular formula is C46H30N4S. The Bertz CT molecular complexity index is 2760. The molecule has 0 saturated carbocycles. The van der Waals surface area contributed by atoms with Crippen LogP contribution in [0.3, 0.4) is 0 Å². The Morgan fingerprint density at radius 2 is 1.00 bits per heavy atom. The van der Waals surface area contributed by atoms with Gasteiger partial charge in [-0.15, -0.1) is 11.3 Å². The molecule has 240 valence electrons. The summed E-state index contributed by atoms with van der Waals surface area (Å²) in [6.07, 6.45) is 3.83. The van der Waals surface area contributed by atoms with Crippen LogP contribution in [-0.2, 0) is 0 Å². The van der Waals surface area contributed by atoms with Gasteiger partial charge in [0.1, 0.15) is 0 Å². The number of aromatic nitrogens is 3. The molecule has 0 aliphatic heterocycles. The van der Waals surface area contributed by atoms with Crippen molar-refractivity contribution in [2.24, 2.45) is 0 Å². The van der Waals surface area contributed by atoms with E-state index in [1.165, 1.54) is 42.0 Å². The van der Waals surface area contributed by atoms with Crippen LogP contribution in [0.25, 0.3) is 69.9 Å². The number of hydrogen-bond acceptors (Lipinski definition) is 4. The fourth-order valence-electron chi connectivity index (χ4n) is 7.26. The number of para-hydroxylation sites is 1. The first-order valence-corrected chi connectivity index (χ1v) is 17.9. The molecule has 4 nitrogen and oxygen atoms in total. The van der Waals surface area contributed by atoms with Gasteiger partial charge in [-0.25, -0.2) is 9.97 Å². The number of thiophene rings is 1. The van der Waals surface area contributed by atoms with Gasteiger partial charge < -0.3 is 4.57 Å². The summed E-state index contributed by atoms with van der Waals surface area (Å²) in [7, 11) is 0. The Balaban J connectivity index is 1.14. The summed E-state index contributed by atoms with van der Waals surface area (Å²) >= 11 is 1.85. The molecule has 51 heavy (non-hydrogen) atoms. The third-order valence-electron chi connectivity index (χ3n) is 9.71. The van der Waals surface area contributed by atoms with Crippen molar-refractivity contribution < 1.29 is 0 Å². The van der Waals surface area contributed by atoms with Crippen LogP contribution in [0.15, 0.2) is 182 Å². The molecule has 0 fully saturated rings. The predicted molar refractivity (Wildman–Crippen MR) is 215 cm³/mol. The molecule has 0 unspecified atom stereocenters. The highest BCUT2D eigenvalue weighted by molar-refractivity contribution is 7.25. The smallest absolute Gasteiger partial charge is 0.234 e. The summed E-state index contributed by atoms with van der Waals surface area (Å²) in [4.78, 5) is 12.0. The van der Waals surface area contributed by atoms with Gasteiger partial charge in [0.2, 0.25) is 5.95 Å². The van der Waals surface area contributed by atoms with E-state index < -0.39 is 0 Å². The van der Waals surface area contributed by atoms with Gasteiger partial charge in [-0.2, -0.15) is 0 Å². The van der Waals surface area contributed by atoms with Crippen LogP contribution in [0.5, 0.6) is 0 Å². The molecule has 0 atom stereocenters. The maximum atomic E-state index is 4.94. The Hall–Kier alpha value is -6.56. The van der Waals surface area contributed by atoms with E-state index >= 15 is 0 Å². The highest BCUT2D eigenvalue weighted by Crippen LogP contribution is 2.41. The van der Waals surface area contributed by atoms with Gasteiger partial charge in [0, 0.05) is 66.0 Å². The number of nitrogens with zero attached hydrogens (tertiary/aromatic N) is 4. The molecule has 0 N–H and O–H groups in total. The van der Waals surface area contributed by atoms with Crippen LogP contribution in [0.2, 0.25) is 0 Å². The molecule has 0 amide bonds. The van der Waals surface area contributed by atoms with Gasteiger partial charge in [-0.1, -0.05) is 109 Å². The summed E-state index contributed by atoms with van der Waals surface area (Å²) in [6, 6.07) is 60.3. The van der Waals surface area contributed by atoms with E-state index in [-0.39, 0.29) is 0 Å². The second kappa shape index (κ2) is 12.1. The minimum absolute atomic E-state index is 0.611. The van der Waals surface area contributed by atoms with E-state index in [0.717, 1.165) is 39.3 Å². The molecule has 0 aliphatic rings. The Kier molecular flexibility index (Phi) is 6.96. The van der Waals surface area contributed by atoms with Crippen LogP contribution >= 0.6 is 11.3 Å². The predicted octanol–water partition coefficient (Wildman–Crippen LogP) is 12.7. The van der Waals surface area contributed by atoms with E-state index in [9.17, 15) is 0 Å². The number of benzene rings is 7. The molecule has 0 spiro atoms. The Morgan fingerprint density at radius 1 is 0.412 bits per heavy atom. The van der Waals surface area contributed by atoms with Crippen molar-refractivity contribution in [1.29, 1.82) is 0 Å². The van der Waals surface area contributed by atoms with Crippen LogP contribution < -0.4 is 4.90 Å². The zero-order valence-electron chi connectivity index (χ0n) is 27.5. The largest absolute Gasteiger partial charge is 0.309 e. The molecule has 3 aromatic heterocycles. The van der Waals surface area contributed by atoms with Crippen molar-refractivity contribution >= 4 is 70.6 Å². The lowest BCUT2D eigenvalue weighted by molar-refractivity contribution is 1.08. The van der Waals surface area contributed by atoms with Gasteiger partial charge in [0.15, 0.2) is 0 Å². The van der Waals surface area contributed by atoms with Crippen molar-refractivity contribution in [2.45, 2.75) is 0 Å². The lowest BCUT2D eigenvalue weighted by Gasteiger charge is -2.24. The SMILES string of the molecule is c1ccc(-c2ccc(N(c3ccc4c(c3)c3ccccc3n4-c3ccc4sc5ccccc5c4c3)c3ncc(-c4ccccc4)cn3)cc2)cc1. The van der Waals surface area contributed by atoms with Gasteiger partial charge in [0.05, 0.1) is 11.0 Å². The van der Waals surface area contributed by atoms with Crippen LogP contribution in [0, 0.1) is 0 Å². The first-order chi connectivity index (χ1) is 25.3. The summed E-state index contributed by atoms with van der Waals surface area (Å²) in [5.41, 5.74) is 9.86. The fourth-order valence-corrected chi connectivity index (χ4v) is 8.35. The highest BCUT2D eigenvalue weighted by Gasteiger charge is 2.20. The maximum absolute atomic E-state index is 4.94. The van der Waals surface area contributed by atoms with E-state index in [1.54, 1.807) is 0 Å². The standard InChI is InChI=1S/C46H30N4S/c1-3-11-31(12-4-1)33-19-21-35(22-20-33)49(46-47-29-34(30-48-46)32-13-5-2-6-14-32)36-23-25-43-40(27-36)38-15-7-9-17-42(38)50(43)37-24-26-45-41(28-37)39-16-8-10-18-44(39)51-45/h1-30H. The molecule has 7 aromatic carbocycles. The van der Waals surface area contributed by atoms with E-state index in [0.29, 0.717) is 5.95 Å². The lowest BCUT2D eigenvalue weighted by atomic mass is 10.1. The van der Waals surface area contributed by atoms with Gasteiger partial charge in [0.25, 0.3) is 0 Å². The molecule has 10 rings (SSSR count). The summed E-state index contributed by atoms with van der Waals surface area (Å²) in [6.45, 7) is 0. The first-order valence-electron chi connectivity index (χ1n) is 17.1. The topological polar surface area (TPSA) is 34.0 Å². The first kappa shape index (κ1) is 29.4. The average molecular weight is 671 g/mol. The van der Waals surface area contributed by atoms with Gasteiger partial charge in [-0.05, 0) is 77.4 Å². The van der Waals surface area contributed by atoms with Gasteiger partial charge >= 0.3 is 0 Å². The van der Waals surface area contributed by atoms with Crippen LogP contribution in [-0.4, -0.2) is 14.5 Å². The summed E-state index contributed by atoms with van der Waals surface area (Å²) in [5.74, 6) is 0.611. The second-order valence-corrected chi connectivity index (χ2v) is 13.8. The molecule has 0 aliphatic carbocycles. The summed E-state index contributed by atoms with van der Waals surface area (Å²) < 4.78 is 5.01. The van der Waals surface area contributed by atoms with E-state index in [1.807, 2.05) is 48.0 Å². The number of anilines is 3. The minimum Gasteiger partial charge on any atom is -0.309 e. The zero-order valence-corrected chi connectivity index (χ0v) is 28.3. The molecule has 5 heteroatoms. The normalized spacial score (nSPS) is 11.5. The highest BCUT2D eigenvalue weighted by atomic mass is 32.1.